The van der Waals surface area contributed by atoms with E-state index >= 15 is 0 Å². The van der Waals surface area contributed by atoms with E-state index in [0.717, 1.165) is 28.8 Å². The Bertz CT molecular complexity index is 1080. The first-order valence-corrected chi connectivity index (χ1v) is 9.60. The maximum absolute atomic E-state index is 13.1. The van der Waals surface area contributed by atoms with Crippen molar-refractivity contribution in [2.24, 2.45) is 5.41 Å². The van der Waals surface area contributed by atoms with Gasteiger partial charge in [-0.05, 0) is 28.5 Å². The molecule has 2 heterocycles. The van der Waals surface area contributed by atoms with Gasteiger partial charge in [-0.2, -0.15) is 10.1 Å². The quantitative estimate of drug-likeness (QED) is 0.716. The van der Waals surface area contributed by atoms with E-state index in [-0.39, 0.29) is 17.2 Å². The van der Waals surface area contributed by atoms with Gasteiger partial charge in [0, 0.05) is 17.7 Å². The van der Waals surface area contributed by atoms with Crippen LogP contribution in [0.4, 0.5) is 5.95 Å². The molecule has 5 rings (SSSR count). The van der Waals surface area contributed by atoms with Crippen molar-refractivity contribution >= 4 is 11.7 Å². The molecule has 140 valence electrons. The molecule has 0 spiro atoms. The minimum absolute atomic E-state index is 0.0488. The lowest BCUT2D eigenvalue weighted by atomic mass is 9.73. The monoisotopic (exact) mass is 370 g/mol. The molecule has 5 heteroatoms. The number of fused-ring (bicyclic) bond motifs is 1. The van der Waals surface area contributed by atoms with Gasteiger partial charge in [0.1, 0.15) is 12.4 Å². The van der Waals surface area contributed by atoms with Gasteiger partial charge in [-0.3, -0.25) is 4.79 Å². The van der Waals surface area contributed by atoms with E-state index in [1.807, 2.05) is 22.9 Å². The van der Waals surface area contributed by atoms with Crippen LogP contribution in [0.25, 0.3) is 11.1 Å². The predicted molar refractivity (Wildman–Crippen MR) is 109 cm³/mol. The first-order valence-electron chi connectivity index (χ1n) is 9.60. The Morgan fingerprint density at radius 3 is 2.46 bits per heavy atom. The number of anilines is 1. The molecule has 28 heavy (non-hydrogen) atoms. The zero-order valence-electron chi connectivity index (χ0n) is 16.0. The van der Waals surface area contributed by atoms with Gasteiger partial charge >= 0.3 is 0 Å². The SMILES string of the molecule is CC1(C)CC(=O)C2=C(C1)Nc1ncnn1[C@H]2c1ccc(-c2ccccc2)cc1. The number of aromatic nitrogens is 3. The van der Waals surface area contributed by atoms with E-state index in [4.69, 9.17) is 0 Å². The summed E-state index contributed by atoms with van der Waals surface area (Å²) >= 11 is 0. The number of carbonyl (C=O) groups is 1. The Hall–Kier alpha value is -3.21. The summed E-state index contributed by atoms with van der Waals surface area (Å²) < 4.78 is 1.83. The highest BCUT2D eigenvalue weighted by Crippen LogP contribution is 2.45. The number of ketones is 1. The molecule has 3 aromatic rings. The zero-order valence-corrected chi connectivity index (χ0v) is 16.0. The Kier molecular flexibility index (Phi) is 3.72. The average Bonchev–Trinajstić information content (AvgIpc) is 3.14. The average molecular weight is 370 g/mol. The van der Waals surface area contributed by atoms with Crippen molar-refractivity contribution in [3.63, 3.8) is 0 Å². The first-order chi connectivity index (χ1) is 13.5. The molecule has 1 aromatic heterocycles. The lowest BCUT2D eigenvalue weighted by Gasteiger charge is -2.38. The van der Waals surface area contributed by atoms with Gasteiger partial charge < -0.3 is 5.32 Å². The third-order valence-electron chi connectivity index (χ3n) is 5.61. The van der Waals surface area contributed by atoms with Crippen molar-refractivity contribution in [2.75, 3.05) is 5.32 Å². The molecule has 0 radical (unpaired) electrons. The Morgan fingerprint density at radius 1 is 1.00 bits per heavy atom. The molecule has 2 aromatic carbocycles. The maximum Gasteiger partial charge on any atom is 0.226 e. The van der Waals surface area contributed by atoms with E-state index in [1.54, 1.807) is 6.33 Å². The molecule has 1 aliphatic carbocycles. The topological polar surface area (TPSA) is 59.8 Å². The molecular weight excluding hydrogens is 348 g/mol. The highest BCUT2D eigenvalue weighted by Gasteiger charge is 2.41. The molecule has 1 N–H and O–H groups in total. The smallest absolute Gasteiger partial charge is 0.226 e. The van der Waals surface area contributed by atoms with E-state index in [2.05, 4.69) is 65.6 Å². The van der Waals surface area contributed by atoms with Crippen molar-refractivity contribution in [3.8, 4) is 11.1 Å². The summed E-state index contributed by atoms with van der Waals surface area (Å²) in [6.45, 7) is 4.28. The molecular formula is C23H22N4O. The van der Waals surface area contributed by atoms with Crippen molar-refractivity contribution in [1.82, 2.24) is 14.8 Å². The zero-order chi connectivity index (χ0) is 19.3. The van der Waals surface area contributed by atoms with Crippen molar-refractivity contribution < 1.29 is 4.79 Å². The third kappa shape index (κ3) is 2.74. The minimum Gasteiger partial charge on any atom is -0.328 e. The van der Waals surface area contributed by atoms with Crippen LogP contribution in [-0.4, -0.2) is 20.5 Å². The fraction of sp³-hybridized carbons (Fsp3) is 0.261. The number of nitrogens with zero attached hydrogens (tertiary/aromatic N) is 3. The van der Waals surface area contributed by atoms with Gasteiger partial charge in [-0.15, -0.1) is 0 Å². The Balaban J connectivity index is 1.60. The van der Waals surface area contributed by atoms with E-state index in [0.29, 0.717) is 12.4 Å². The van der Waals surface area contributed by atoms with Gasteiger partial charge in [0.2, 0.25) is 5.95 Å². The van der Waals surface area contributed by atoms with Gasteiger partial charge in [0.05, 0.1) is 0 Å². The summed E-state index contributed by atoms with van der Waals surface area (Å²) in [6.07, 6.45) is 2.93. The summed E-state index contributed by atoms with van der Waals surface area (Å²) in [4.78, 5) is 17.4. The van der Waals surface area contributed by atoms with Crippen molar-refractivity contribution in [3.05, 3.63) is 77.8 Å². The predicted octanol–water partition coefficient (Wildman–Crippen LogP) is 4.60. The number of allylic oxidation sites excluding steroid dienone is 2. The lowest BCUT2D eigenvalue weighted by Crippen LogP contribution is -2.36. The third-order valence-corrected chi connectivity index (χ3v) is 5.61. The van der Waals surface area contributed by atoms with E-state index in [9.17, 15) is 4.79 Å². The highest BCUT2D eigenvalue weighted by molar-refractivity contribution is 6.00. The molecule has 1 aliphatic heterocycles. The summed E-state index contributed by atoms with van der Waals surface area (Å²) in [6, 6.07) is 18.5. The minimum atomic E-state index is -0.234. The van der Waals surface area contributed by atoms with Gasteiger partial charge in [-0.25, -0.2) is 4.68 Å². The van der Waals surface area contributed by atoms with Gasteiger partial charge in [0.15, 0.2) is 5.78 Å². The van der Waals surface area contributed by atoms with Crippen LogP contribution in [0, 0.1) is 5.41 Å². The fourth-order valence-corrected chi connectivity index (χ4v) is 4.35. The summed E-state index contributed by atoms with van der Waals surface area (Å²) in [7, 11) is 0. The van der Waals surface area contributed by atoms with Crippen LogP contribution in [0.15, 0.2) is 72.2 Å². The number of rotatable bonds is 2. The van der Waals surface area contributed by atoms with Crippen LogP contribution in [0.3, 0.4) is 0 Å². The number of hydrogen-bond donors (Lipinski definition) is 1. The second-order valence-corrected chi connectivity index (χ2v) is 8.38. The van der Waals surface area contributed by atoms with Crippen LogP contribution in [-0.2, 0) is 4.79 Å². The van der Waals surface area contributed by atoms with Crippen LogP contribution in [0.1, 0.15) is 38.3 Å². The first kappa shape index (κ1) is 16.9. The van der Waals surface area contributed by atoms with Gasteiger partial charge in [-0.1, -0.05) is 68.4 Å². The van der Waals surface area contributed by atoms with Gasteiger partial charge in [0.25, 0.3) is 0 Å². The van der Waals surface area contributed by atoms with Crippen molar-refractivity contribution in [1.29, 1.82) is 0 Å². The van der Waals surface area contributed by atoms with Crippen LogP contribution in [0.2, 0.25) is 0 Å². The number of nitrogens with one attached hydrogen (secondary N) is 1. The summed E-state index contributed by atoms with van der Waals surface area (Å²) in [5.74, 6) is 0.887. The number of Topliss-reactive ketones (excluding diaryl/α,β-unsaturated/α-hetero) is 1. The van der Waals surface area contributed by atoms with E-state index < -0.39 is 0 Å². The van der Waals surface area contributed by atoms with Crippen LogP contribution < -0.4 is 5.32 Å². The summed E-state index contributed by atoms with van der Waals surface area (Å²) in [5.41, 5.74) is 5.14. The van der Waals surface area contributed by atoms with Crippen LogP contribution >= 0.6 is 0 Å². The number of benzene rings is 2. The second-order valence-electron chi connectivity index (χ2n) is 8.38. The molecule has 0 saturated carbocycles. The molecule has 0 fully saturated rings. The molecule has 0 amide bonds. The summed E-state index contributed by atoms with van der Waals surface area (Å²) in [5, 5.41) is 7.76. The standard InChI is InChI=1S/C23H22N4O/c1-23(2)12-18-20(19(28)13-23)21(27-22(26-18)24-14-25-27)17-10-8-16(9-11-17)15-6-4-3-5-7-15/h3-11,14,21H,12-13H2,1-2H3,(H,24,25,26)/t21-/m0/s1. The normalized spacial score (nSPS) is 20.4. The van der Waals surface area contributed by atoms with Crippen LogP contribution in [0.5, 0.6) is 0 Å². The largest absolute Gasteiger partial charge is 0.328 e. The number of hydrogen-bond acceptors (Lipinski definition) is 4. The Labute approximate surface area is 164 Å². The second kappa shape index (κ2) is 6.16. The fourth-order valence-electron chi connectivity index (χ4n) is 4.35. The lowest BCUT2D eigenvalue weighted by molar-refractivity contribution is -0.118. The van der Waals surface area contributed by atoms with Crippen molar-refractivity contribution in [2.45, 2.75) is 32.7 Å². The maximum atomic E-state index is 13.1. The van der Waals surface area contributed by atoms with E-state index in [1.165, 1.54) is 5.56 Å². The molecule has 2 aliphatic rings. The molecule has 1 atom stereocenters. The number of carbonyl (C=O) groups excluding carboxylic acids is 1. The highest BCUT2D eigenvalue weighted by atomic mass is 16.1. The Morgan fingerprint density at radius 2 is 1.71 bits per heavy atom. The molecule has 5 nitrogen and oxygen atoms in total. The molecule has 0 bridgehead atoms. The molecule has 0 saturated heterocycles. The molecule has 0 unspecified atom stereocenters.